The molecule has 1 fully saturated rings. The lowest BCUT2D eigenvalue weighted by Crippen LogP contribution is -2.61. The Morgan fingerprint density at radius 3 is 2.41 bits per heavy atom. The number of likely N-dealkylation sites (N-methyl/N-ethyl adjacent to an activating group) is 1. The number of aromatic hydroxyl groups is 1. The van der Waals surface area contributed by atoms with Crippen molar-refractivity contribution < 1.29 is 43.2 Å². The van der Waals surface area contributed by atoms with E-state index in [1.54, 1.807) is 25.1 Å². The van der Waals surface area contributed by atoms with Crippen LogP contribution < -0.4 is 11.1 Å². The van der Waals surface area contributed by atoms with Gasteiger partial charge in [-0.2, -0.15) is 13.2 Å². The second kappa shape index (κ2) is 10.6. The first kappa shape index (κ1) is 30.9. The predicted molar refractivity (Wildman–Crippen MR) is 145 cm³/mol. The molecule has 0 saturated heterocycles. The molecule has 3 aliphatic rings. The summed E-state index contributed by atoms with van der Waals surface area (Å²) in [6, 6.07) is 0.923. The maximum Gasteiger partial charge on any atom is 0.390 e. The third-order valence-corrected chi connectivity index (χ3v) is 8.78. The fraction of sp³-hybridized carbons (Fsp3) is 0.586. The van der Waals surface area contributed by atoms with Crippen molar-refractivity contribution in [3.05, 3.63) is 45.2 Å². The molecule has 1 saturated carbocycles. The van der Waals surface area contributed by atoms with Crippen LogP contribution in [-0.2, 0) is 22.6 Å². The summed E-state index contributed by atoms with van der Waals surface area (Å²) in [6.07, 6.45) is -4.82. The Morgan fingerprint density at radius 2 is 1.88 bits per heavy atom. The molecule has 0 heterocycles. The Labute approximate surface area is 236 Å². The smallest absolute Gasteiger partial charge is 0.390 e. The molecule has 4 rings (SSSR count). The van der Waals surface area contributed by atoms with Crippen LogP contribution in [-0.4, -0.2) is 75.5 Å². The summed E-state index contributed by atoms with van der Waals surface area (Å²) in [7, 11) is 3.36. The van der Waals surface area contributed by atoms with Gasteiger partial charge in [-0.1, -0.05) is 19.9 Å². The van der Waals surface area contributed by atoms with Crippen LogP contribution in [0.3, 0.4) is 0 Å². The number of amides is 1. The van der Waals surface area contributed by atoms with Crippen molar-refractivity contribution in [1.82, 2.24) is 10.2 Å². The lowest BCUT2D eigenvalue weighted by molar-refractivity contribution is -0.139. The zero-order valence-electron chi connectivity index (χ0n) is 23.8. The lowest BCUT2D eigenvalue weighted by atomic mass is 9.55. The second-order valence-corrected chi connectivity index (χ2v) is 12.1. The van der Waals surface area contributed by atoms with Gasteiger partial charge in [-0.15, -0.1) is 0 Å². The molecule has 0 bridgehead atoms. The van der Waals surface area contributed by atoms with Gasteiger partial charge >= 0.3 is 6.18 Å². The van der Waals surface area contributed by atoms with Gasteiger partial charge in [-0.05, 0) is 62.7 Å². The van der Waals surface area contributed by atoms with E-state index in [4.69, 9.17) is 5.73 Å². The van der Waals surface area contributed by atoms with Gasteiger partial charge in [0, 0.05) is 24.2 Å². The summed E-state index contributed by atoms with van der Waals surface area (Å²) in [5.41, 5.74) is 4.70. The highest BCUT2D eigenvalue weighted by molar-refractivity contribution is 6.08. The third-order valence-electron chi connectivity index (χ3n) is 8.78. The predicted octanol–water partition coefficient (Wildman–Crippen LogP) is 3.20. The first-order valence-electron chi connectivity index (χ1n) is 13.6. The number of primary amides is 1. The average Bonchev–Trinajstić information content (AvgIpc) is 2.80. The Bertz CT molecular complexity index is 1330. The highest BCUT2D eigenvalue weighted by Crippen LogP contribution is 2.55. The van der Waals surface area contributed by atoms with Gasteiger partial charge in [-0.25, -0.2) is 0 Å². The number of hydrogen-bond acceptors (Lipinski definition) is 8. The van der Waals surface area contributed by atoms with E-state index in [9.17, 15) is 43.2 Å². The first-order chi connectivity index (χ1) is 18.9. The number of ketones is 1. The number of Topliss-reactive ketones (excluding diaryl/α,β-unsaturated/α-hetero) is 1. The van der Waals surface area contributed by atoms with E-state index in [0.717, 1.165) is 5.56 Å². The second-order valence-electron chi connectivity index (χ2n) is 12.1. The number of nitrogens with one attached hydrogen (secondary N) is 1. The van der Waals surface area contributed by atoms with E-state index < -0.39 is 70.8 Å². The molecular formula is C29H38F3N3O6. The zero-order valence-corrected chi connectivity index (χ0v) is 23.8. The first-order valence-corrected chi connectivity index (χ1v) is 13.6. The molecule has 3 aliphatic carbocycles. The fourth-order valence-electron chi connectivity index (χ4n) is 7.14. The van der Waals surface area contributed by atoms with Crippen LogP contribution in [0.15, 0.2) is 23.0 Å². The Hall–Kier alpha value is -3.09. The molecule has 12 heteroatoms. The van der Waals surface area contributed by atoms with Crippen LogP contribution in [0.2, 0.25) is 0 Å². The molecule has 0 radical (unpaired) electrons. The van der Waals surface area contributed by atoms with Crippen molar-refractivity contribution in [2.75, 3.05) is 20.6 Å². The van der Waals surface area contributed by atoms with Gasteiger partial charge in [0.2, 0.25) is 0 Å². The van der Waals surface area contributed by atoms with Crippen molar-refractivity contribution in [2.24, 2.45) is 23.5 Å². The van der Waals surface area contributed by atoms with E-state index >= 15 is 0 Å². The van der Waals surface area contributed by atoms with Gasteiger partial charge in [0.25, 0.3) is 5.91 Å². The molecule has 0 aromatic heterocycles. The summed E-state index contributed by atoms with van der Waals surface area (Å²) in [5, 5.41) is 48.0. The standard InChI is InChI=1S/C29H38F3N3O6/c1-12(2)15-10-14(11-34-7-6-29(30,31)32)23(36)19-16(15)8-13-9-17-20(25(38)18(13)24(19)37)28(3,41)21(27(33)40)26(39)22(17)35(4)5/h10,12-13,17,20,22,34,36-37,39,41H,6-9,11H2,1-5H3,(H2,33,40). The largest absolute Gasteiger partial charge is 0.510 e. The molecule has 226 valence electrons. The Kier molecular flexibility index (Phi) is 8.00. The number of phenolic OH excluding ortho intramolecular Hbond substituents is 1. The third kappa shape index (κ3) is 5.21. The van der Waals surface area contributed by atoms with Crippen molar-refractivity contribution in [1.29, 1.82) is 0 Å². The van der Waals surface area contributed by atoms with Crippen LogP contribution in [0.25, 0.3) is 5.76 Å². The maximum absolute atomic E-state index is 14.1. The van der Waals surface area contributed by atoms with Crippen LogP contribution >= 0.6 is 0 Å². The molecule has 1 aromatic rings. The van der Waals surface area contributed by atoms with E-state index in [0.29, 0.717) is 5.56 Å². The molecule has 1 amide bonds. The Morgan fingerprint density at radius 1 is 1.24 bits per heavy atom. The monoisotopic (exact) mass is 581 g/mol. The minimum absolute atomic E-state index is 0.00827. The number of carbonyl (C=O) groups excluding carboxylic acids is 2. The summed E-state index contributed by atoms with van der Waals surface area (Å²) >= 11 is 0. The summed E-state index contributed by atoms with van der Waals surface area (Å²) < 4.78 is 37.8. The van der Waals surface area contributed by atoms with Gasteiger partial charge in [0.1, 0.15) is 22.9 Å². The van der Waals surface area contributed by atoms with Crippen molar-refractivity contribution in [3.63, 3.8) is 0 Å². The number of fused-ring (bicyclic) bond motifs is 3. The maximum atomic E-state index is 14.1. The van der Waals surface area contributed by atoms with E-state index in [1.807, 2.05) is 13.8 Å². The number of alkyl halides is 3. The highest BCUT2D eigenvalue weighted by atomic mass is 19.4. The zero-order chi connectivity index (χ0) is 30.8. The molecule has 7 N–H and O–H groups in total. The SMILES string of the molecule is CC(C)c1cc(CNCCC(F)(F)F)c(O)c2c1CC1CC3C(N(C)C)C(O)=C(C(N)=O)C(C)(O)C3C(=O)C1=C2O. The number of aliphatic hydroxyl groups is 3. The van der Waals surface area contributed by atoms with Crippen molar-refractivity contribution >= 4 is 17.4 Å². The number of nitrogens with two attached hydrogens (primary N) is 1. The van der Waals surface area contributed by atoms with Gasteiger partial charge in [0.05, 0.1) is 29.5 Å². The normalized spacial score (nSPS) is 28.2. The molecule has 5 unspecified atom stereocenters. The van der Waals surface area contributed by atoms with Crippen molar-refractivity contribution in [3.8, 4) is 5.75 Å². The number of allylic oxidation sites excluding steroid dienone is 1. The number of halogens is 3. The number of nitrogens with zero attached hydrogens (tertiary/aromatic N) is 1. The molecular weight excluding hydrogens is 543 g/mol. The van der Waals surface area contributed by atoms with E-state index in [-0.39, 0.29) is 54.3 Å². The topological polar surface area (TPSA) is 156 Å². The van der Waals surface area contributed by atoms with Gasteiger partial charge in [0.15, 0.2) is 5.78 Å². The Balaban J connectivity index is 1.83. The van der Waals surface area contributed by atoms with Gasteiger partial charge in [-0.3, -0.25) is 14.5 Å². The molecule has 5 atom stereocenters. The molecule has 0 aliphatic heterocycles. The fourth-order valence-corrected chi connectivity index (χ4v) is 7.14. The molecule has 41 heavy (non-hydrogen) atoms. The summed E-state index contributed by atoms with van der Waals surface area (Å²) in [4.78, 5) is 28.1. The summed E-state index contributed by atoms with van der Waals surface area (Å²) in [5.74, 6) is -5.28. The number of benzene rings is 1. The van der Waals surface area contributed by atoms with Crippen molar-refractivity contribution in [2.45, 2.75) is 70.3 Å². The molecule has 0 spiro atoms. The number of carbonyl (C=O) groups is 2. The number of aliphatic hydroxyl groups excluding tert-OH is 2. The lowest BCUT2D eigenvalue weighted by Gasteiger charge is -2.52. The quantitative estimate of drug-likeness (QED) is 0.268. The minimum atomic E-state index is -4.34. The summed E-state index contributed by atoms with van der Waals surface area (Å²) in [6.45, 7) is 4.63. The van der Waals surface area contributed by atoms with Crippen LogP contribution in [0.5, 0.6) is 5.75 Å². The van der Waals surface area contributed by atoms with Crippen LogP contribution in [0.4, 0.5) is 13.2 Å². The van der Waals surface area contributed by atoms with Crippen LogP contribution in [0, 0.1) is 17.8 Å². The van der Waals surface area contributed by atoms with Crippen LogP contribution in [0.1, 0.15) is 61.8 Å². The average molecular weight is 582 g/mol. The van der Waals surface area contributed by atoms with E-state index in [2.05, 4.69) is 5.32 Å². The molecule has 1 aromatic carbocycles. The van der Waals surface area contributed by atoms with Gasteiger partial charge < -0.3 is 31.5 Å². The highest BCUT2D eigenvalue weighted by Gasteiger charge is 2.60. The number of hydrogen-bond donors (Lipinski definition) is 6. The van der Waals surface area contributed by atoms with E-state index in [1.165, 1.54) is 6.92 Å². The molecule has 9 nitrogen and oxygen atoms in total. The number of rotatable bonds is 7. The minimum Gasteiger partial charge on any atom is -0.510 e. The number of phenols is 1.